The van der Waals surface area contributed by atoms with E-state index in [4.69, 9.17) is 4.74 Å². The highest BCUT2D eigenvalue weighted by atomic mass is 16.5. The first-order valence-corrected chi connectivity index (χ1v) is 11.4. The number of carbonyl (C=O) groups excluding carboxylic acids is 2. The highest BCUT2D eigenvalue weighted by Gasteiger charge is 2.42. The van der Waals surface area contributed by atoms with E-state index in [1.54, 1.807) is 12.0 Å². The molecule has 0 bridgehead atoms. The number of para-hydroxylation sites is 1. The van der Waals surface area contributed by atoms with Gasteiger partial charge in [-0.2, -0.15) is 0 Å². The first kappa shape index (κ1) is 20.6. The summed E-state index contributed by atoms with van der Waals surface area (Å²) in [5.41, 5.74) is 3.64. The number of benzene rings is 2. The fraction of sp³-hybridized carbons (Fsp3) is 0.385. The smallest absolute Gasteiger partial charge is 0.272 e. The van der Waals surface area contributed by atoms with Crippen molar-refractivity contribution in [3.8, 4) is 5.75 Å². The van der Waals surface area contributed by atoms with Gasteiger partial charge in [-0.3, -0.25) is 9.59 Å². The summed E-state index contributed by atoms with van der Waals surface area (Å²) in [7, 11) is 3.56. The Kier molecular flexibility index (Phi) is 5.37. The van der Waals surface area contributed by atoms with Gasteiger partial charge >= 0.3 is 0 Å². The van der Waals surface area contributed by atoms with E-state index in [-0.39, 0.29) is 30.4 Å². The first-order valence-electron chi connectivity index (χ1n) is 11.4. The fourth-order valence-corrected chi connectivity index (χ4v) is 5.34. The Balaban J connectivity index is 1.53. The Bertz CT molecular complexity index is 1160. The summed E-state index contributed by atoms with van der Waals surface area (Å²) in [6.07, 6.45) is 5.58. The van der Waals surface area contributed by atoms with E-state index in [1.165, 1.54) is 6.42 Å². The predicted molar refractivity (Wildman–Crippen MR) is 124 cm³/mol. The second-order valence-corrected chi connectivity index (χ2v) is 8.85. The van der Waals surface area contributed by atoms with Gasteiger partial charge in [0.25, 0.3) is 5.91 Å². The lowest BCUT2D eigenvalue weighted by Gasteiger charge is -2.28. The molecule has 0 unspecified atom stereocenters. The molecule has 1 aliphatic heterocycles. The van der Waals surface area contributed by atoms with Gasteiger partial charge in [0.1, 0.15) is 18.0 Å². The van der Waals surface area contributed by atoms with Crippen molar-refractivity contribution in [2.24, 2.45) is 7.05 Å². The lowest BCUT2D eigenvalue weighted by Crippen LogP contribution is -2.44. The van der Waals surface area contributed by atoms with Crippen LogP contribution in [0.25, 0.3) is 10.9 Å². The van der Waals surface area contributed by atoms with Crippen LogP contribution in [0.2, 0.25) is 0 Å². The molecule has 1 fully saturated rings. The summed E-state index contributed by atoms with van der Waals surface area (Å²) < 4.78 is 7.28. The minimum absolute atomic E-state index is 0.0506. The van der Waals surface area contributed by atoms with Crippen LogP contribution >= 0.6 is 0 Å². The first-order chi connectivity index (χ1) is 15.6. The zero-order valence-electron chi connectivity index (χ0n) is 18.6. The van der Waals surface area contributed by atoms with E-state index in [0.29, 0.717) is 5.69 Å². The van der Waals surface area contributed by atoms with Crippen LogP contribution in [-0.2, 0) is 11.8 Å². The van der Waals surface area contributed by atoms with E-state index in [2.05, 4.69) is 11.4 Å². The van der Waals surface area contributed by atoms with Crippen molar-refractivity contribution in [3.63, 3.8) is 0 Å². The Morgan fingerprint density at radius 1 is 1.06 bits per heavy atom. The quantitative estimate of drug-likeness (QED) is 0.659. The highest BCUT2D eigenvalue weighted by Crippen LogP contribution is 2.44. The monoisotopic (exact) mass is 431 g/mol. The molecule has 1 N–H and O–H groups in total. The van der Waals surface area contributed by atoms with Crippen molar-refractivity contribution in [3.05, 3.63) is 65.4 Å². The fourth-order valence-electron chi connectivity index (χ4n) is 5.34. The molecule has 6 heteroatoms. The maximum absolute atomic E-state index is 13.6. The van der Waals surface area contributed by atoms with Gasteiger partial charge in [0.05, 0.1) is 13.2 Å². The third-order valence-electron chi connectivity index (χ3n) is 6.91. The van der Waals surface area contributed by atoms with Crippen LogP contribution in [-0.4, -0.2) is 41.0 Å². The molecule has 2 aromatic carbocycles. The van der Waals surface area contributed by atoms with E-state index in [9.17, 15) is 9.59 Å². The van der Waals surface area contributed by atoms with Crippen LogP contribution in [0.15, 0.2) is 48.5 Å². The van der Waals surface area contributed by atoms with Gasteiger partial charge in [-0.15, -0.1) is 0 Å². The zero-order chi connectivity index (χ0) is 22.2. The summed E-state index contributed by atoms with van der Waals surface area (Å²) in [5, 5.41) is 4.22. The van der Waals surface area contributed by atoms with Crippen molar-refractivity contribution in [1.82, 2.24) is 14.8 Å². The molecule has 2 aliphatic rings. The van der Waals surface area contributed by atoms with Crippen LogP contribution in [0.5, 0.6) is 5.75 Å². The number of aromatic nitrogens is 1. The molecular formula is C26H29N3O3. The van der Waals surface area contributed by atoms with E-state index in [1.807, 2.05) is 54.1 Å². The third kappa shape index (κ3) is 3.44. The number of nitrogens with one attached hydrogen (secondary N) is 1. The van der Waals surface area contributed by atoms with Crippen molar-refractivity contribution in [1.29, 1.82) is 0 Å². The molecule has 166 valence electrons. The van der Waals surface area contributed by atoms with E-state index < -0.39 is 0 Å². The largest absolute Gasteiger partial charge is 0.497 e. The van der Waals surface area contributed by atoms with Gasteiger partial charge in [0, 0.05) is 29.6 Å². The number of nitrogens with zero attached hydrogens (tertiary/aromatic N) is 2. The maximum atomic E-state index is 13.6. The molecule has 32 heavy (non-hydrogen) atoms. The molecule has 0 spiro atoms. The molecule has 0 radical (unpaired) electrons. The number of fused-ring (bicyclic) bond motifs is 3. The topological polar surface area (TPSA) is 63.6 Å². The van der Waals surface area contributed by atoms with E-state index in [0.717, 1.165) is 53.5 Å². The minimum Gasteiger partial charge on any atom is -0.497 e. The summed E-state index contributed by atoms with van der Waals surface area (Å²) in [5.74, 6) is 0.581. The van der Waals surface area contributed by atoms with Gasteiger partial charge in [-0.25, -0.2) is 0 Å². The van der Waals surface area contributed by atoms with Crippen molar-refractivity contribution >= 4 is 22.7 Å². The number of rotatable bonds is 5. The molecule has 0 saturated heterocycles. The van der Waals surface area contributed by atoms with Gasteiger partial charge < -0.3 is 19.5 Å². The number of aryl methyl sites for hydroxylation is 1. The molecule has 5 rings (SSSR count). The second kappa shape index (κ2) is 8.34. The van der Waals surface area contributed by atoms with E-state index >= 15 is 0 Å². The summed E-state index contributed by atoms with van der Waals surface area (Å²) >= 11 is 0. The molecular weight excluding hydrogens is 402 g/mol. The lowest BCUT2D eigenvalue weighted by atomic mass is 9.95. The number of carbonyl (C=O) groups is 2. The normalized spacial score (nSPS) is 18.8. The van der Waals surface area contributed by atoms with Crippen LogP contribution in [0.4, 0.5) is 0 Å². The average molecular weight is 432 g/mol. The van der Waals surface area contributed by atoms with Crippen LogP contribution in [0, 0.1) is 0 Å². The Morgan fingerprint density at radius 3 is 2.50 bits per heavy atom. The molecule has 1 saturated carbocycles. The summed E-state index contributed by atoms with van der Waals surface area (Å²) in [4.78, 5) is 28.3. The number of methoxy groups -OCH3 is 1. The molecule has 3 aromatic rings. The molecule has 1 aromatic heterocycles. The second-order valence-electron chi connectivity index (χ2n) is 8.85. The average Bonchev–Trinajstić information content (AvgIpc) is 3.27. The Hall–Kier alpha value is -3.28. The van der Waals surface area contributed by atoms with Crippen LogP contribution < -0.4 is 10.1 Å². The predicted octanol–water partition coefficient (Wildman–Crippen LogP) is 4.18. The highest BCUT2D eigenvalue weighted by molar-refractivity contribution is 6.07. The molecule has 2 amide bonds. The molecule has 1 atom stereocenters. The van der Waals surface area contributed by atoms with Gasteiger partial charge in [-0.05, 0) is 36.6 Å². The SMILES string of the molecule is COc1ccc([C@H]2c3c(n(C)c4ccccc34)C(=O)N2CC(=O)NC2CCCCC2)cc1. The molecule has 2 heterocycles. The van der Waals surface area contributed by atoms with Gasteiger partial charge in [-0.1, -0.05) is 49.6 Å². The van der Waals surface area contributed by atoms with Crippen molar-refractivity contribution in [2.75, 3.05) is 13.7 Å². The number of amides is 2. The minimum atomic E-state index is -0.313. The number of hydrogen-bond donors (Lipinski definition) is 1. The van der Waals surface area contributed by atoms with Gasteiger partial charge in [0.15, 0.2) is 0 Å². The lowest BCUT2D eigenvalue weighted by molar-refractivity contribution is -0.122. The Morgan fingerprint density at radius 2 is 1.78 bits per heavy atom. The summed E-state index contributed by atoms with van der Waals surface area (Å²) in [6, 6.07) is 15.8. The standard InChI is InChI=1S/C26H29N3O3/c1-28-21-11-7-6-10-20(21)23-24(17-12-14-19(32-2)15-13-17)29(26(31)25(23)28)16-22(30)27-18-8-4-3-5-9-18/h6-7,10-15,18,24H,3-5,8-9,16H2,1-2H3,(H,27,30)/t24-/m0/s1. The van der Waals surface area contributed by atoms with Crippen molar-refractivity contribution < 1.29 is 14.3 Å². The van der Waals surface area contributed by atoms with Gasteiger partial charge in [0.2, 0.25) is 5.91 Å². The number of hydrogen-bond acceptors (Lipinski definition) is 3. The zero-order valence-corrected chi connectivity index (χ0v) is 18.6. The summed E-state index contributed by atoms with van der Waals surface area (Å²) in [6.45, 7) is 0.0506. The molecule has 1 aliphatic carbocycles. The number of ether oxygens (including phenoxy) is 1. The molecule has 6 nitrogen and oxygen atoms in total. The Labute approximate surface area is 188 Å². The third-order valence-corrected chi connectivity index (χ3v) is 6.91. The van der Waals surface area contributed by atoms with Crippen molar-refractivity contribution in [2.45, 2.75) is 44.2 Å². The maximum Gasteiger partial charge on any atom is 0.272 e. The van der Waals surface area contributed by atoms with Crippen LogP contribution in [0.3, 0.4) is 0 Å². The van der Waals surface area contributed by atoms with Crippen LogP contribution in [0.1, 0.15) is 59.8 Å².